The molecule has 5 heteroatoms. The lowest BCUT2D eigenvalue weighted by molar-refractivity contribution is 0.0598. The van der Waals surface area contributed by atoms with Crippen LogP contribution in [0.15, 0.2) is 59.5 Å². The first-order valence-corrected chi connectivity index (χ1v) is 11.8. The molecule has 1 amide bonds. The van der Waals surface area contributed by atoms with Crippen molar-refractivity contribution in [2.75, 3.05) is 0 Å². The first-order chi connectivity index (χ1) is 13.5. The van der Waals surface area contributed by atoms with Crippen LogP contribution in [0.4, 0.5) is 0 Å². The molecular weight excluding hydrogens is 370 g/mol. The van der Waals surface area contributed by atoms with E-state index in [1.54, 1.807) is 24.3 Å². The van der Waals surface area contributed by atoms with Gasteiger partial charge in [0.1, 0.15) is 0 Å². The number of aryl methyl sites for hydroxylation is 1. The highest BCUT2D eigenvalue weighted by molar-refractivity contribution is 7.92. The smallest absolute Gasteiger partial charge is 0.254 e. The zero-order valence-electron chi connectivity index (χ0n) is 16.3. The molecule has 0 radical (unpaired) electrons. The second-order valence-electron chi connectivity index (χ2n) is 8.00. The fourth-order valence-corrected chi connectivity index (χ4v) is 6.64. The quantitative estimate of drug-likeness (QED) is 0.758. The van der Waals surface area contributed by atoms with Gasteiger partial charge < -0.3 is 4.90 Å². The van der Waals surface area contributed by atoms with Crippen LogP contribution in [0.2, 0.25) is 0 Å². The normalized spacial score (nSPS) is 24.3. The van der Waals surface area contributed by atoms with E-state index in [1.807, 2.05) is 35.2 Å². The molecule has 2 aromatic rings. The van der Waals surface area contributed by atoms with Gasteiger partial charge in [-0.15, -0.1) is 0 Å². The van der Waals surface area contributed by atoms with Gasteiger partial charge in [-0.3, -0.25) is 4.79 Å². The van der Waals surface area contributed by atoms with Crippen LogP contribution in [-0.2, 0) is 16.3 Å². The topological polar surface area (TPSA) is 54.5 Å². The third-order valence-corrected chi connectivity index (χ3v) is 8.37. The van der Waals surface area contributed by atoms with Gasteiger partial charge in [0, 0.05) is 17.6 Å². The lowest BCUT2D eigenvalue weighted by Crippen LogP contribution is -2.49. The van der Waals surface area contributed by atoms with Crippen molar-refractivity contribution in [1.29, 1.82) is 0 Å². The Morgan fingerprint density at radius 3 is 2.14 bits per heavy atom. The number of rotatable bonds is 5. The van der Waals surface area contributed by atoms with Crippen molar-refractivity contribution < 1.29 is 13.2 Å². The number of hydrogen-bond acceptors (Lipinski definition) is 3. The number of amides is 1. The molecule has 0 aliphatic carbocycles. The van der Waals surface area contributed by atoms with Crippen LogP contribution in [0.1, 0.15) is 54.9 Å². The molecule has 2 aliphatic heterocycles. The summed E-state index contributed by atoms with van der Waals surface area (Å²) >= 11 is 0. The third kappa shape index (κ3) is 3.48. The van der Waals surface area contributed by atoms with Crippen LogP contribution in [0.3, 0.4) is 0 Å². The summed E-state index contributed by atoms with van der Waals surface area (Å²) < 4.78 is 26.1. The van der Waals surface area contributed by atoms with Crippen molar-refractivity contribution in [3.8, 4) is 0 Å². The molecule has 0 spiro atoms. The number of nitrogens with zero attached hydrogens (tertiary/aromatic N) is 1. The molecule has 2 saturated heterocycles. The zero-order chi connectivity index (χ0) is 19.7. The molecule has 28 heavy (non-hydrogen) atoms. The molecule has 4 rings (SSSR count). The van der Waals surface area contributed by atoms with Gasteiger partial charge in [0.15, 0.2) is 9.84 Å². The number of carbonyl (C=O) groups excluding carboxylic acids is 1. The van der Waals surface area contributed by atoms with Crippen molar-refractivity contribution >= 4 is 15.7 Å². The number of carbonyl (C=O) groups is 1. The van der Waals surface area contributed by atoms with Crippen LogP contribution in [-0.4, -0.2) is 36.6 Å². The van der Waals surface area contributed by atoms with Gasteiger partial charge >= 0.3 is 0 Å². The molecule has 2 atom stereocenters. The van der Waals surface area contributed by atoms with Crippen LogP contribution < -0.4 is 0 Å². The Morgan fingerprint density at radius 1 is 0.964 bits per heavy atom. The summed E-state index contributed by atoms with van der Waals surface area (Å²) in [6, 6.07) is 16.6. The summed E-state index contributed by atoms with van der Waals surface area (Å²) in [5.41, 5.74) is 1.95. The van der Waals surface area contributed by atoms with E-state index in [2.05, 4.69) is 6.92 Å². The van der Waals surface area contributed by atoms with E-state index in [0.29, 0.717) is 23.3 Å². The number of hydrogen-bond donors (Lipinski definition) is 0. The summed E-state index contributed by atoms with van der Waals surface area (Å²) in [5.74, 6) is 0.0473. The lowest BCUT2D eigenvalue weighted by atomic mass is 10.00. The van der Waals surface area contributed by atoms with Gasteiger partial charge in [0.05, 0.1) is 10.1 Å². The minimum atomic E-state index is -3.35. The molecule has 0 N–H and O–H groups in total. The Balaban J connectivity index is 1.52. The standard InChI is InChI=1S/C23H27NO3S/c1-2-6-17-9-11-18(12-10-17)23(25)24-19-13-14-20(24)16-22(15-19)28(26,27)21-7-4-3-5-8-21/h3-5,7-12,19-20,22H,2,6,13-16H2,1H3. The molecule has 0 saturated carbocycles. The Labute approximate surface area is 167 Å². The number of sulfone groups is 1. The Morgan fingerprint density at radius 2 is 1.57 bits per heavy atom. The SMILES string of the molecule is CCCc1ccc(C(=O)N2C3CCC2CC(S(=O)(=O)c2ccccc2)C3)cc1. The molecular formula is C23H27NO3S. The molecule has 4 nitrogen and oxygen atoms in total. The van der Waals surface area contributed by atoms with Crippen LogP contribution in [0.5, 0.6) is 0 Å². The second-order valence-corrected chi connectivity index (χ2v) is 10.2. The highest BCUT2D eigenvalue weighted by Gasteiger charge is 2.47. The van der Waals surface area contributed by atoms with Gasteiger partial charge in [-0.2, -0.15) is 0 Å². The molecule has 2 bridgehead atoms. The minimum Gasteiger partial charge on any atom is -0.333 e. The Hall–Kier alpha value is -2.14. The van der Waals surface area contributed by atoms with Crippen molar-refractivity contribution in [2.24, 2.45) is 0 Å². The van der Waals surface area contributed by atoms with Crippen molar-refractivity contribution in [2.45, 2.75) is 67.7 Å². The van der Waals surface area contributed by atoms with Crippen molar-refractivity contribution in [3.05, 3.63) is 65.7 Å². The predicted molar refractivity (Wildman–Crippen MR) is 110 cm³/mol. The molecule has 2 heterocycles. The maximum absolute atomic E-state index is 13.1. The van der Waals surface area contributed by atoms with Gasteiger partial charge in [0.2, 0.25) is 0 Å². The highest BCUT2D eigenvalue weighted by atomic mass is 32.2. The first kappa shape index (κ1) is 19.2. The average Bonchev–Trinajstić information content (AvgIpc) is 2.97. The van der Waals surface area contributed by atoms with Crippen LogP contribution in [0, 0.1) is 0 Å². The Bertz CT molecular complexity index is 924. The lowest BCUT2D eigenvalue weighted by Gasteiger charge is -2.38. The van der Waals surface area contributed by atoms with Gasteiger partial charge in [-0.25, -0.2) is 8.42 Å². The number of fused-ring (bicyclic) bond motifs is 2. The third-order valence-electron chi connectivity index (χ3n) is 6.17. The molecule has 2 aromatic carbocycles. The largest absolute Gasteiger partial charge is 0.333 e. The Kier molecular flexibility index (Phi) is 5.28. The van der Waals surface area contributed by atoms with Crippen LogP contribution >= 0.6 is 0 Å². The molecule has 2 fully saturated rings. The number of piperidine rings is 1. The van der Waals surface area contributed by atoms with E-state index in [1.165, 1.54) is 5.56 Å². The maximum atomic E-state index is 13.1. The van der Waals surface area contributed by atoms with E-state index in [4.69, 9.17) is 0 Å². The summed E-state index contributed by atoms with van der Waals surface area (Å²) in [6.45, 7) is 2.14. The summed E-state index contributed by atoms with van der Waals surface area (Å²) in [6.07, 6.45) is 4.96. The monoisotopic (exact) mass is 397 g/mol. The predicted octanol–water partition coefficient (Wildman–Crippen LogP) is 4.25. The molecule has 2 unspecified atom stereocenters. The fourth-order valence-electron chi connectivity index (χ4n) is 4.77. The van der Waals surface area contributed by atoms with Crippen LogP contribution in [0.25, 0.3) is 0 Å². The average molecular weight is 398 g/mol. The van der Waals surface area contributed by atoms with E-state index >= 15 is 0 Å². The fraction of sp³-hybridized carbons (Fsp3) is 0.435. The molecule has 0 aromatic heterocycles. The summed E-state index contributed by atoms with van der Waals surface area (Å²) in [4.78, 5) is 15.5. The van der Waals surface area contributed by atoms with Gasteiger partial charge in [0.25, 0.3) is 5.91 Å². The maximum Gasteiger partial charge on any atom is 0.254 e. The molecule has 2 aliphatic rings. The minimum absolute atomic E-state index is 0.0186. The summed E-state index contributed by atoms with van der Waals surface area (Å²) in [7, 11) is -3.35. The second kappa shape index (κ2) is 7.70. The number of benzene rings is 2. The molecule has 148 valence electrons. The van der Waals surface area contributed by atoms with E-state index in [0.717, 1.165) is 25.7 Å². The van der Waals surface area contributed by atoms with Gasteiger partial charge in [-0.1, -0.05) is 43.7 Å². The zero-order valence-corrected chi connectivity index (χ0v) is 17.1. The highest BCUT2D eigenvalue weighted by Crippen LogP contribution is 2.40. The first-order valence-electron chi connectivity index (χ1n) is 10.2. The van der Waals surface area contributed by atoms with Crippen molar-refractivity contribution in [3.63, 3.8) is 0 Å². The summed E-state index contributed by atoms with van der Waals surface area (Å²) in [5, 5.41) is -0.400. The van der Waals surface area contributed by atoms with E-state index in [-0.39, 0.29) is 18.0 Å². The van der Waals surface area contributed by atoms with Crippen molar-refractivity contribution in [1.82, 2.24) is 4.90 Å². The van der Waals surface area contributed by atoms with Gasteiger partial charge in [-0.05, 0) is 61.9 Å². The van der Waals surface area contributed by atoms with E-state index < -0.39 is 15.1 Å². The van der Waals surface area contributed by atoms with E-state index in [9.17, 15) is 13.2 Å².